The molecule has 0 amide bonds. The maximum atomic E-state index is 3.57. The fraction of sp³-hybridized carbons (Fsp3) is 0.474. The Labute approximate surface area is 123 Å². The molecule has 0 heterocycles. The van der Waals surface area contributed by atoms with Crippen LogP contribution in [0.2, 0.25) is 0 Å². The van der Waals surface area contributed by atoms with Gasteiger partial charge in [-0.1, -0.05) is 60.4 Å². The summed E-state index contributed by atoms with van der Waals surface area (Å²) >= 11 is 0. The van der Waals surface area contributed by atoms with Gasteiger partial charge in [0.2, 0.25) is 0 Å². The van der Waals surface area contributed by atoms with Crippen LogP contribution in [0, 0.1) is 0 Å². The molecule has 1 aromatic rings. The second-order valence-corrected chi connectivity index (χ2v) is 5.92. The molecule has 0 radical (unpaired) electrons. The zero-order valence-electron chi connectivity index (χ0n) is 13.3. The average molecular weight is 269 g/mol. The van der Waals surface area contributed by atoms with Gasteiger partial charge in [0.25, 0.3) is 0 Å². The number of rotatable bonds is 6. The van der Waals surface area contributed by atoms with E-state index in [1.165, 1.54) is 40.7 Å². The summed E-state index contributed by atoms with van der Waals surface area (Å²) in [6.07, 6.45) is 4.84. The normalized spacial score (nSPS) is 18.6. The number of nitrogens with one attached hydrogen (secondary N) is 1. The molecule has 20 heavy (non-hydrogen) atoms. The van der Waals surface area contributed by atoms with Gasteiger partial charge in [0.1, 0.15) is 0 Å². The van der Waals surface area contributed by atoms with Crippen LogP contribution in [0.5, 0.6) is 0 Å². The highest BCUT2D eigenvalue weighted by Gasteiger charge is 2.23. The molecule has 0 aromatic heterocycles. The minimum Gasteiger partial charge on any atom is -0.313 e. The Bertz CT molecular complexity index is 522. The fourth-order valence-electron chi connectivity index (χ4n) is 3.09. The molecule has 0 aliphatic heterocycles. The zero-order chi connectivity index (χ0) is 14.5. The van der Waals surface area contributed by atoms with E-state index >= 15 is 0 Å². The SMILES string of the molecule is CCCCNCc1ccccc1C1C(C)=CC(C)=C1C. The lowest BCUT2D eigenvalue weighted by Gasteiger charge is -2.20. The molecule has 2 rings (SSSR count). The van der Waals surface area contributed by atoms with Crippen molar-refractivity contribution in [1.82, 2.24) is 5.32 Å². The van der Waals surface area contributed by atoms with Crippen molar-refractivity contribution in [3.63, 3.8) is 0 Å². The summed E-state index contributed by atoms with van der Waals surface area (Å²) in [6.45, 7) is 11.1. The average Bonchev–Trinajstić information content (AvgIpc) is 2.69. The molecule has 1 aromatic carbocycles. The third kappa shape index (κ3) is 3.21. The van der Waals surface area contributed by atoms with E-state index in [2.05, 4.69) is 63.4 Å². The number of hydrogen-bond donors (Lipinski definition) is 1. The lowest BCUT2D eigenvalue weighted by Crippen LogP contribution is -2.16. The van der Waals surface area contributed by atoms with Crippen molar-refractivity contribution in [2.75, 3.05) is 6.54 Å². The lowest BCUT2D eigenvalue weighted by molar-refractivity contribution is 0.637. The van der Waals surface area contributed by atoms with Crippen LogP contribution >= 0.6 is 0 Å². The largest absolute Gasteiger partial charge is 0.313 e. The standard InChI is InChI=1S/C19H27N/c1-5-6-11-20-13-17-9-7-8-10-18(17)19-15(3)12-14(2)16(19)4/h7-10,12,19-20H,5-6,11,13H2,1-4H3. The molecule has 1 heteroatoms. The molecular weight excluding hydrogens is 242 g/mol. The van der Waals surface area contributed by atoms with E-state index in [9.17, 15) is 0 Å². The zero-order valence-corrected chi connectivity index (χ0v) is 13.3. The van der Waals surface area contributed by atoms with Crippen molar-refractivity contribution < 1.29 is 0 Å². The van der Waals surface area contributed by atoms with Crippen molar-refractivity contribution in [1.29, 1.82) is 0 Å². The summed E-state index contributed by atoms with van der Waals surface area (Å²) < 4.78 is 0. The first-order valence-electron chi connectivity index (χ1n) is 7.79. The van der Waals surface area contributed by atoms with Gasteiger partial charge in [-0.3, -0.25) is 0 Å². The fourth-order valence-corrected chi connectivity index (χ4v) is 3.09. The summed E-state index contributed by atoms with van der Waals surface area (Å²) in [5, 5.41) is 3.57. The van der Waals surface area contributed by atoms with Crippen molar-refractivity contribution in [3.8, 4) is 0 Å². The first-order chi connectivity index (χ1) is 9.65. The van der Waals surface area contributed by atoms with Crippen LogP contribution in [0.15, 0.2) is 47.1 Å². The van der Waals surface area contributed by atoms with Gasteiger partial charge in [0.15, 0.2) is 0 Å². The predicted molar refractivity (Wildman–Crippen MR) is 87.9 cm³/mol. The highest BCUT2D eigenvalue weighted by molar-refractivity contribution is 5.51. The highest BCUT2D eigenvalue weighted by atomic mass is 14.8. The number of allylic oxidation sites excluding steroid dienone is 4. The van der Waals surface area contributed by atoms with Gasteiger partial charge in [-0.15, -0.1) is 0 Å². The molecule has 1 aliphatic rings. The van der Waals surface area contributed by atoms with Crippen LogP contribution in [0.1, 0.15) is 57.6 Å². The first-order valence-corrected chi connectivity index (χ1v) is 7.79. The van der Waals surface area contributed by atoms with Gasteiger partial charge in [0.05, 0.1) is 0 Å². The summed E-state index contributed by atoms with van der Waals surface area (Å²) in [6, 6.07) is 8.88. The van der Waals surface area contributed by atoms with E-state index < -0.39 is 0 Å². The van der Waals surface area contributed by atoms with Crippen LogP contribution in [-0.4, -0.2) is 6.54 Å². The summed E-state index contributed by atoms with van der Waals surface area (Å²) in [7, 11) is 0. The third-order valence-electron chi connectivity index (χ3n) is 4.34. The van der Waals surface area contributed by atoms with Crippen molar-refractivity contribution in [2.24, 2.45) is 0 Å². The Morgan fingerprint density at radius 3 is 2.50 bits per heavy atom. The summed E-state index contributed by atoms with van der Waals surface area (Å²) in [5.41, 5.74) is 7.32. The van der Waals surface area contributed by atoms with E-state index in [1.807, 2.05) is 0 Å². The Hall–Kier alpha value is -1.34. The first kappa shape index (κ1) is 15.1. The molecule has 1 unspecified atom stereocenters. The highest BCUT2D eigenvalue weighted by Crippen LogP contribution is 2.40. The Balaban J connectivity index is 2.18. The Kier molecular flexibility index (Phi) is 5.19. The second kappa shape index (κ2) is 6.90. The van der Waals surface area contributed by atoms with Crippen LogP contribution in [-0.2, 0) is 6.54 Å². The molecule has 0 spiro atoms. The van der Waals surface area contributed by atoms with E-state index in [1.54, 1.807) is 0 Å². The molecule has 1 nitrogen and oxygen atoms in total. The molecule has 0 bridgehead atoms. The van der Waals surface area contributed by atoms with Crippen LogP contribution < -0.4 is 5.32 Å². The molecule has 1 atom stereocenters. The van der Waals surface area contributed by atoms with Crippen LogP contribution in [0.25, 0.3) is 0 Å². The number of benzene rings is 1. The molecular formula is C19H27N. The van der Waals surface area contributed by atoms with E-state index in [-0.39, 0.29) is 0 Å². The van der Waals surface area contributed by atoms with Crippen molar-refractivity contribution in [2.45, 2.75) is 53.0 Å². The molecule has 1 N–H and O–H groups in total. The predicted octanol–water partition coefficient (Wildman–Crippen LogP) is 4.96. The Morgan fingerprint density at radius 2 is 1.85 bits per heavy atom. The second-order valence-electron chi connectivity index (χ2n) is 5.92. The van der Waals surface area contributed by atoms with E-state index in [0.29, 0.717) is 5.92 Å². The van der Waals surface area contributed by atoms with Crippen molar-refractivity contribution in [3.05, 3.63) is 58.2 Å². The van der Waals surface area contributed by atoms with Crippen molar-refractivity contribution >= 4 is 0 Å². The number of hydrogen-bond acceptors (Lipinski definition) is 1. The van der Waals surface area contributed by atoms with Gasteiger partial charge >= 0.3 is 0 Å². The Morgan fingerprint density at radius 1 is 1.10 bits per heavy atom. The van der Waals surface area contributed by atoms with Crippen LogP contribution in [0.3, 0.4) is 0 Å². The van der Waals surface area contributed by atoms with E-state index in [4.69, 9.17) is 0 Å². The quantitative estimate of drug-likeness (QED) is 0.720. The van der Waals surface area contributed by atoms with Gasteiger partial charge in [-0.2, -0.15) is 0 Å². The lowest BCUT2D eigenvalue weighted by atomic mass is 9.86. The third-order valence-corrected chi connectivity index (χ3v) is 4.34. The maximum Gasteiger partial charge on any atom is 0.0264 e. The minimum absolute atomic E-state index is 0.485. The van der Waals surface area contributed by atoms with E-state index in [0.717, 1.165) is 13.1 Å². The van der Waals surface area contributed by atoms with Gasteiger partial charge < -0.3 is 5.32 Å². The van der Waals surface area contributed by atoms with Gasteiger partial charge in [0, 0.05) is 12.5 Å². The van der Waals surface area contributed by atoms with Crippen LogP contribution in [0.4, 0.5) is 0 Å². The topological polar surface area (TPSA) is 12.0 Å². The molecule has 0 fully saturated rings. The van der Waals surface area contributed by atoms with Gasteiger partial charge in [-0.25, -0.2) is 0 Å². The molecule has 0 saturated heterocycles. The molecule has 0 saturated carbocycles. The summed E-state index contributed by atoms with van der Waals surface area (Å²) in [4.78, 5) is 0. The monoisotopic (exact) mass is 269 g/mol. The minimum atomic E-state index is 0.485. The molecule has 1 aliphatic carbocycles. The van der Waals surface area contributed by atoms with Gasteiger partial charge in [-0.05, 0) is 44.9 Å². The number of unbranched alkanes of at least 4 members (excludes halogenated alkanes) is 1. The summed E-state index contributed by atoms with van der Waals surface area (Å²) in [5.74, 6) is 0.485. The molecule has 108 valence electrons. The smallest absolute Gasteiger partial charge is 0.0264 e. The maximum absolute atomic E-state index is 3.57.